The minimum absolute atomic E-state index is 0.0845. The van der Waals surface area contributed by atoms with Crippen LogP contribution in [0.25, 0.3) is 0 Å². The molecule has 2 rings (SSSR count). The summed E-state index contributed by atoms with van der Waals surface area (Å²) < 4.78 is 42.8. The highest BCUT2D eigenvalue weighted by atomic mass is 19.4. The molecule has 0 fully saturated rings. The number of nitrogens with two attached hydrogens (primary N) is 1. The number of nitrogen functional groups attached to an aromatic ring is 1. The van der Waals surface area contributed by atoms with Crippen molar-refractivity contribution in [1.82, 2.24) is 9.97 Å². The Morgan fingerprint density at radius 3 is 2.55 bits per heavy atom. The van der Waals surface area contributed by atoms with Gasteiger partial charge in [-0.05, 0) is 12.1 Å². The molecule has 0 aliphatic rings. The second kappa shape index (κ2) is 5.05. The Labute approximate surface area is 111 Å². The summed E-state index contributed by atoms with van der Waals surface area (Å²) in [6.45, 7) is 0. The van der Waals surface area contributed by atoms with E-state index in [0.29, 0.717) is 0 Å². The molecule has 2 N–H and O–H groups in total. The van der Waals surface area contributed by atoms with Crippen molar-refractivity contribution in [3.63, 3.8) is 0 Å². The Bertz CT molecular complexity index is 679. The first-order valence-corrected chi connectivity index (χ1v) is 5.29. The van der Waals surface area contributed by atoms with Crippen molar-refractivity contribution in [2.24, 2.45) is 0 Å². The zero-order valence-corrected chi connectivity index (χ0v) is 9.85. The first kappa shape index (κ1) is 13.6. The van der Waals surface area contributed by atoms with Gasteiger partial charge >= 0.3 is 6.18 Å². The van der Waals surface area contributed by atoms with Crippen LogP contribution in [-0.2, 0) is 6.18 Å². The Hall–Kier alpha value is -2.82. The second-order valence-electron chi connectivity index (χ2n) is 3.66. The molecule has 1 heterocycles. The van der Waals surface area contributed by atoms with Gasteiger partial charge in [0.2, 0.25) is 11.7 Å². The molecule has 0 radical (unpaired) electrons. The summed E-state index contributed by atoms with van der Waals surface area (Å²) in [6.07, 6.45) is -4.73. The van der Waals surface area contributed by atoms with Crippen molar-refractivity contribution < 1.29 is 17.9 Å². The Morgan fingerprint density at radius 1 is 1.20 bits per heavy atom. The lowest BCUT2D eigenvalue weighted by atomic mass is 10.2. The van der Waals surface area contributed by atoms with Gasteiger partial charge in [-0.2, -0.15) is 23.4 Å². The quantitative estimate of drug-likeness (QED) is 0.914. The maximum Gasteiger partial charge on any atom is 0.451 e. The third-order valence-electron chi connectivity index (χ3n) is 2.20. The van der Waals surface area contributed by atoms with Gasteiger partial charge in [-0.3, -0.25) is 0 Å². The zero-order valence-electron chi connectivity index (χ0n) is 9.85. The first-order valence-electron chi connectivity index (χ1n) is 5.29. The van der Waals surface area contributed by atoms with Crippen molar-refractivity contribution in [1.29, 1.82) is 5.26 Å². The van der Waals surface area contributed by atoms with Crippen LogP contribution in [0.15, 0.2) is 30.3 Å². The summed E-state index contributed by atoms with van der Waals surface area (Å²) in [4.78, 5) is 6.31. The minimum atomic E-state index is -4.73. The third kappa shape index (κ3) is 2.95. The SMILES string of the molecule is N#Cc1ccccc1Oc1cc(N)nc(C(F)(F)F)n1. The van der Waals surface area contributed by atoms with Crippen LogP contribution in [0.3, 0.4) is 0 Å². The second-order valence-corrected chi connectivity index (χ2v) is 3.66. The van der Waals surface area contributed by atoms with Crippen LogP contribution in [0.1, 0.15) is 11.4 Å². The number of hydrogen-bond donors (Lipinski definition) is 1. The molecule has 0 spiro atoms. The number of rotatable bonds is 2. The molecular formula is C12H7F3N4O. The molecule has 1 aromatic heterocycles. The molecule has 0 saturated carbocycles. The molecule has 5 nitrogen and oxygen atoms in total. The predicted octanol–water partition coefficient (Wildman–Crippen LogP) is 2.74. The molecule has 1 aromatic carbocycles. The molecule has 0 unspecified atom stereocenters. The molecule has 102 valence electrons. The number of hydrogen-bond acceptors (Lipinski definition) is 5. The van der Waals surface area contributed by atoms with Crippen LogP contribution < -0.4 is 10.5 Å². The van der Waals surface area contributed by atoms with Crippen molar-refractivity contribution in [2.45, 2.75) is 6.18 Å². The van der Waals surface area contributed by atoms with Crippen molar-refractivity contribution >= 4 is 5.82 Å². The van der Waals surface area contributed by atoms with E-state index in [1.54, 1.807) is 12.1 Å². The van der Waals surface area contributed by atoms with Gasteiger partial charge in [-0.1, -0.05) is 12.1 Å². The maximum atomic E-state index is 12.5. The molecular weight excluding hydrogens is 273 g/mol. The fourth-order valence-corrected chi connectivity index (χ4v) is 1.38. The average Bonchev–Trinajstić information content (AvgIpc) is 2.37. The van der Waals surface area contributed by atoms with Gasteiger partial charge in [0.15, 0.2) is 0 Å². The summed E-state index contributed by atoms with van der Waals surface area (Å²) in [5.74, 6) is -2.08. The van der Waals surface area contributed by atoms with Crippen LogP contribution in [-0.4, -0.2) is 9.97 Å². The van der Waals surface area contributed by atoms with Gasteiger partial charge in [0.05, 0.1) is 5.56 Å². The highest BCUT2D eigenvalue weighted by molar-refractivity contribution is 5.45. The van der Waals surface area contributed by atoms with Gasteiger partial charge in [-0.25, -0.2) is 4.98 Å². The molecule has 2 aromatic rings. The molecule has 0 amide bonds. The summed E-state index contributed by atoms with van der Waals surface area (Å²) in [5.41, 5.74) is 5.45. The molecule has 20 heavy (non-hydrogen) atoms. The lowest BCUT2D eigenvalue weighted by Crippen LogP contribution is -2.12. The lowest BCUT2D eigenvalue weighted by Gasteiger charge is -2.10. The number of ether oxygens (including phenoxy) is 1. The van der Waals surface area contributed by atoms with Crippen molar-refractivity contribution in [3.05, 3.63) is 41.7 Å². The highest BCUT2D eigenvalue weighted by Gasteiger charge is 2.35. The van der Waals surface area contributed by atoms with E-state index in [0.717, 1.165) is 6.07 Å². The van der Waals surface area contributed by atoms with Crippen molar-refractivity contribution in [2.75, 3.05) is 5.73 Å². The normalized spacial score (nSPS) is 10.9. The van der Waals surface area contributed by atoms with Gasteiger partial charge in [0.1, 0.15) is 17.6 Å². The van der Waals surface area contributed by atoms with Crippen LogP contribution in [0, 0.1) is 11.3 Å². The molecule has 0 atom stereocenters. The van der Waals surface area contributed by atoms with Crippen molar-refractivity contribution in [3.8, 4) is 17.7 Å². The average molecular weight is 280 g/mol. The fraction of sp³-hybridized carbons (Fsp3) is 0.0833. The Morgan fingerprint density at radius 2 is 1.90 bits per heavy atom. The summed E-state index contributed by atoms with van der Waals surface area (Å²) in [7, 11) is 0. The highest BCUT2D eigenvalue weighted by Crippen LogP contribution is 2.30. The number of benzene rings is 1. The van der Waals surface area contributed by atoms with Gasteiger partial charge in [0, 0.05) is 6.07 Å². The number of anilines is 1. The number of halogens is 3. The van der Waals surface area contributed by atoms with E-state index in [2.05, 4.69) is 9.97 Å². The molecule has 0 aliphatic heterocycles. The minimum Gasteiger partial charge on any atom is -0.437 e. The number of nitrogens with zero attached hydrogens (tertiary/aromatic N) is 3. The third-order valence-corrected chi connectivity index (χ3v) is 2.20. The Balaban J connectivity index is 2.40. The van der Waals surface area contributed by atoms with E-state index in [1.165, 1.54) is 12.1 Å². The van der Waals surface area contributed by atoms with Gasteiger partial charge in [-0.15, -0.1) is 0 Å². The maximum absolute atomic E-state index is 12.5. The molecule has 8 heteroatoms. The van der Waals surface area contributed by atoms with Crippen LogP contribution in [0.4, 0.5) is 19.0 Å². The first-order chi connectivity index (χ1) is 9.40. The fourth-order valence-electron chi connectivity index (χ4n) is 1.38. The van der Waals surface area contributed by atoms with E-state index in [-0.39, 0.29) is 23.0 Å². The summed E-state index contributed by atoms with van der Waals surface area (Å²) >= 11 is 0. The molecule has 0 bridgehead atoms. The van der Waals surface area contributed by atoms with Crippen LogP contribution in [0.2, 0.25) is 0 Å². The lowest BCUT2D eigenvalue weighted by molar-refractivity contribution is -0.145. The number of nitriles is 1. The summed E-state index contributed by atoms with van der Waals surface area (Å²) in [5, 5.41) is 8.87. The van der Waals surface area contributed by atoms with Crippen LogP contribution in [0.5, 0.6) is 11.6 Å². The zero-order chi connectivity index (χ0) is 14.8. The summed E-state index contributed by atoms with van der Waals surface area (Å²) in [6, 6.07) is 8.97. The van der Waals surface area contributed by atoms with Crippen LogP contribution >= 0.6 is 0 Å². The topological polar surface area (TPSA) is 84.8 Å². The monoisotopic (exact) mass is 280 g/mol. The van der Waals surface area contributed by atoms with E-state index in [1.807, 2.05) is 6.07 Å². The largest absolute Gasteiger partial charge is 0.451 e. The molecule has 0 aliphatic carbocycles. The smallest absolute Gasteiger partial charge is 0.437 e. The number of para-hydroxylation sites is 1. The van der Waals surface area contributed by atoms with E-state index < -0.39 is 12.0 Å². The number of alkyl halides is 3. The van der Waals surface area contributed by atoms with E-state index in [9.17, 15) is 13.2 Å². The number of aromatic nitrogens is 2. The predicted molar refractivity (Wildman–Crippen MR) is 62.7 cm³/mol. The van der Waals surface area contributed by atoms with Gasteiger partial charge < -0.3 is 10.5 Å². The van der Waals surface area contributed by atoms with Gasteiger partial charge in [0.25, 0.3) is 0 Å². The standard InChI is InChI=1S/C12H7F3N4O/c13-12(14,15)11-18-9(17)5-10(19-11)20-8-4-2-1-3-7(8)6-16/h1-5H,(H2,17,18,19). The van der Waals surface area contributed by atoms with E-state index in [4.69, 9.17) is 15.7 Å². The molecule has 0 saturated heterocycles. The van der Waals surface area contributed by atoms with E-state index >= 15 is 0 Å². The Kier molecular flexibility index (Phi) is 3.43.